The second-order valence-electron chi connectivity index (χ2n) is 4.40. The first-order valence-electron chi connectivity index (χ1n) is 5.28. The molecule has 2 nitrogen and oxygen atoms in total. The van der Waals surface area contributed by atoms with E-state index in [2.05, 4.69) is 26.1 Å². The molecule has 0 saturated heterocycles. The van der Waals surface area contributed by atoms with Gasteiger partial charge in [0.15, 0.2) is 0 Å². The summed E-state index contributed by atoms with van der Waals surface area (Å²) in [7, 11) is 0. The Morgan fingerprint density at radius 3 is 2.38 bits per heavy atom. The summed E-state index contributed by atoms with van der Waals surface area (Å²) < 4.78 is 0. The van der Waals surface area contributed by atoms with E-state index in [1.807, 2.05) is 6.92 Å². The summed E-state index contributed by atoms with van der Waals surface area (Å²) in [5, 5.41) is 2.84. The van der Waals surface area contributed by atoms with E-state index in [0.717, 1.165) is 13.0 Å². The number of carbonyl (C=O) groups excluding carboxylic acids is 1. The fourth-order valence-electron chi connectivity index (χ4n) is 1.44. The highest BCUT2D eigenvalue weighted by Gasteiger charge is 2.20. The molecule has 0 atom stereocenters. The van der Waals surface area contributed by atoms with Crippen molar-refractivity contribution in [3.05, 3.63) is 0 Å². The Morgan fingerprint density at radius 2 is 1.92 bits per heavy atom. The highest BCUT2D eigenvalue weighted by Crippen LogP contribution is 2.27. The Bertz CT molecular complexity index is 152. The van der Waals surface area contributed by atoms with Crippen LogP contribution in [-0.2, 0) is 4.79 Å². The lowest BCUT2D eigenvalue weighted by Gasteiger charge is -2.23. The van der Waals surface area contributed by atoms with Crippen molar-refractivity contribution in [1.29, 1.82) is 0 Å². The molecule has 0 aliphatic heterocycles. The molecule has 0 unspecified atom stereocenters. The lowest BCUT2D eigenvalue weighted by Crippen LogP contribution is -2.28. The lowest BCUT2D eigenvalue weighted by molar-refractivity contribution is -0.123. The SMILES string of the molecule is CCCCC(C)(C)CC(=O)NCC. The van der Waals surface area contributed by atoms with Gasteiger partial charge in [0, 0.05) is 13.0 Å². The smallest absolute Gasteiger partial charge is 0.220 e. The van der Waals surface area contributed by atoms with Crippen LogP contribution in [-0.4, -0.2) is 12.5 Å². The van der Waals surface area contributed by atoms with Crippen molar-refractivity contribution in [1.82, 2.24) is 5.32 Å². The quantitative estimate of drug-likeness (QED) is 0.677. The molecule has 0 rings (SSSR count). The van der Waals surface area contributed by atoms with E-state index in [1.54, 1.807) is 0 Å². The average molecular weight is 185 g/mol. The molecule has 2 heteroatoms. The molecule has 0 spiro atoms. The van der Waals surface area contributed by atoms with Crippen LogP contribution < -0.4 is 5.32 Å². The molecule has 0 radical (unpaired) electrons. The zero-order chi connectivity index (χ0) is 10.3. The Morgan fingerprint density at radius 1 is 1.31 bits per heavy atom. The maximum absolute atomic E-state index is 11.3. The van der Waals surface area contributed by atoms with Gasteiger partial charge in [-0.05, 0) is 18.8 Å². The minimum absolute atomic E-state index is 0.162. The molecule has 0 bridgehead atoms. The van der Waals surface area contributed by atoms with Crippen molar-refractivity contribution in [2.24, 2.45) is 5.41 Å². The first-order chi connectivity index (χ1) is 6.02. The fraction of sp³-hybridized carbons (Fsp3) is 0.909. The predicted octanol–water partition coefficient (Wildman–Crippen LogP) is 2.73. The van der Waals surface area contributed by atoms with Gasteiger partial charge in [-0.1, -0.05) is 33.6 Å². The van der Waals surface area contributed by atoms with Crippen molar-refractivity contribution < 1.29 is 4.79 Å². The summed E-state index contributed by atoms with van der Waals surface area (Å²) in [6.07, 6.45) is 4.21. The Balaban J connectivity index is 3.79. The van der Waals surface area contributed by atoms with E-state index >= 15 is 0 Å². The van der Waals surface area contributed by atoms with Gasteiger partial charge >= 0.3 is 0 Å². The van der Waals surface area contributed by atoms with Crippen molar-refractivity contribution >= 4 is 5.91 Å². The van der Waals surface area contributed by atoms with Crippen LogP contribution in [0.5, 0.6) is 0 Å². The molecule has 0 aromatic carbocycles. The second kappa shape index (κ2) is 6.01. The normalized spacial score (nSPS) is 11.4. The van der Waals surface area contributed by atoms with Crippen LogP contribution in [0.15, 0.2) is 0 Å². The van der Waals surface area contributed by atoms with Crippen LogP contribution in [0, 0.1) is 5.41 Å². The molecule has 1 amide bonds. The van der Waals surface area contributed by atoms with Crippen LogP contribution in [0.4, 0.5) is 0 Å². The van der Waals surface area contributed by atoms with Crippen LogP contribution in [0.25, 0.3) is 0 Å². The van der Waals surface area contributed by atoms with Crippen molar-refractivity contribution in [2.45, 2.75) is 53.4 Å². The third kappa shape index (κ3) is 6.62. The topological polar surface area (TPSA) is 29.1 Å². The van der Waals surface area contributed by atoms with Gasteiger partial charge in [0.2, 0.25) is 5.91 Å². The lowest BCUT2D eigenvalue weighted by atomic mass is 9.83. The molecule has 1 N–H and O–H groups in total. The molecule has 0 aliphatic rings. The van der Waals surface area contributed by atoms with Gasteiger partial charge in [0.1, 0.15) is 0 Å². The third-order valence-electron chi connectivity index (χ3n) is 2.22. The number of unbranched alkanes of at least 4 members (excludes halogenated alkanes) is 1. The van der Waals surface area contributed by atoms with E-state index in [-0.39, 0.29) is 11.3 Å². The summed E-state index contributed by atoms with van der Waals surface area (Å²) in [5.74, 6) is 0.184. The number of hydrogen-bond acceptors (Lipinski definition) is 1. The summed E-state index contributed by atoms with van der Waals surface area (Å²) in [5.41, 5.74) is 0.162. The standard InChI is InChI=1S/C11H23NO/c1-5-7-8-11(3,4)9-10(13)12-6-2/h5-9H2,1-4H3,(H,12,13). The van der Waals surface area contributed by atoms with Gasteiger partial charge in [0.05, 0.1) is 0 Å². The average Bonchev–Trinajstić information content (AvgIpc) is 2.00. The summed E-state index contributed by atoms with van der Waals surface area (Å²) in [6, 6.07) is 0. The zero-order valence-corrected chi connectivity index (χ0v) is 9.44. The maximum atomic E-state index is 11.3. The minimum Gasteiger partial charge on any atom is -0.356 e. The van der Waals surface area contributed by atoms with Gasteiger partial charge in [-0.25, -0.2) is 0 Å². The van der Waals surface area contributed by atoms with E-state index < -0.39 is 0 Å². The number of rotatable bonds is 6. The number of hydrogen-bond donors (Lipinski definition) is 1. The van der Waals surface area contributed by atoms with Crippen LogP contribution in [0.1, 0.15) is 53.4 Å². The van der Waals surface area contributed by atoms with Gasteiger partial charge in [-0.2, -0.15) is 0 Å². The molecule has 78 valence electrons. The molecule has 0 saturated carbocycles. The number of carbonyl (C=O) groups is 1. The molecule has 0 fully saturated rings. The monoisotopic (exact) mass is 185 g/mol. The number of nitrogens with one attached hydrogen (secondary N) is 1. The Kier molecular flexibility index (Phi) is 5.76. The molecule has 0 aromatic rings. The highest BCUT2D eigenvalue weighted by molar-refractivity contribution is 5.76. The van der Waals surface area contributed by atoms with Gasteiger partial charge in [-0.3, -0.25) is 4.79 Å². The predicted molar refractivity (Wildman–Crippen MR) is 56.6 cm³/mol. The molecule has 13 heavy (non-hydrogen) atoms. The number of amides is 1. The van der Waals surface area contributed by atoms with Gasteiger partial charge in [0.25, 0.3) is 0 Å². The fourth-order valence-corrected chi connectivity index (χ4v) is 1.44. The largest absolute Gasteiger partial charge is 0.356 e. The van der Waals surface area contributed by atoms with Crippen molar-refractivity contribution in [3.63, 3.8) is 0 Å². The first-order valence-corrected chi connectivity index (χ1v) is 5.28. The zero-order valence-electron chi connectivity index (χ0n) is 9.44. The Hall–Kier alpha value is -0.530. The second-order valence-corrected chi connectivity index (χ2v) is 4.40. The maximum Gasteiger partial charge on any atom is 0.220 e. The van der Waals surface area contributed by atoms with E-state index in [1.165, 1.54) is 12.8 Å². The summed E-state index contributed by atoms with van der Waals surface area (Å²) in [4.78, 5) is 11.3. The van der Waals surface area contributed by atoms with E-state index in [0.29, 0.717) is 6.42 Å². The summed E-state index contributed by atoms with van der Waals surface area (Å²) >= 11 is 0. The highest BCUT2D eigenvalue weighted by atomic mass is 16.1. The molecule has 0 heterocycles. The van der Waals surface area contributed by atoms with Gasteiger partial charge in [-0.15, -0.1) is 0 Å². The molecular weight excluding hydrogens is 162 g/mol. The van der Waals surface area contributed by atoms with Crippen molar-refractivity contribution in [2.75, 3.05) is 6.54 Å². The third-order valence-corrected chi connectivity index (χ3v) is 2.22. The summed E-state index contributed by atoms with van der Waals surface area (Å²) in [6.45, 7) is 9.21. The van der Waals surface area contributed by atoms with Crippen LogP contribution in [0.3, 0.4) is 0 Å². The van der Waals surface area contributed by atoms with E-state index in [9.17, 15) is 4.79 Å². The molecular formula is C11H23NO. The van der Waals surface area contributed by atoms with Crippen LogP contribution >= 0.6 is 0 Å². The van der Waals surface area contributed by atoms with Crippen molar-refractivity contribution in [3.8, 4) is 0 Å². The van der Waals surface area contributed by atoms with Gasteiger partial charge < -0.3 is 5.32 Å². The molecule has 0 aromatic heterocycles. The Labute approximate surface area is 82.1 Å². The van der Waals surface area contributed by atoms with Crippen LogP contribution in [0.2, 0.25) is 0 Å². The minimum atomic E-state index is 0.162. The first kappa shape index (κ1) is 12.5. The van der Waals surface area contributed by atoms with E-state index in [4.69, 9.17) is 0 Å². The molecule has 0 aliphatic carbocycles.